The Balaban J connectivity index is 1.18. The standard InChI is InChI=1S/C34H41N3O4/c1-2-3-4-5-6-14-35-32(39)22-9-11-25-23(16-22)24-18-34(40)27-17-21-10-12-26(38)30-28(21)33(34,31(41-30)29(24)36-25)13-15-37(27)19-20-7-8-20/h9-12,16,20,27,31,36,38,40H,2-8,13-15,17-19H2,1H3,(H,35,39)/t27?,31-,33-,34+/m0/s1. The van der Waals surface area contributed by atoms with Gasteiger partial charge < -0.3 is 25.3 Å². The zero-order valence-electron chi connectivity index (χ0n) is 24.0. The summed E-state index contributed by atoms with van der Waals surface area (Å²) in [5, 5.41) is 28.0. The number of H-pyrrole nitrogens is 1. The highest BCUT2D eigenvalue weighted by molar-refractivity contribution is 5.99. The number of carbonyl (C=O) groups excluding carboxylic acids is 1. The highest BCUT2D eigenvalue weighted by atomic mass is 16.5. The summed E-state index contributed by atoms with van der Waals surface area (Å²) < 4.78 is 6.69. The maximum atomic E-state index is 13.1. The second-order valence-corrected chi connectivity index (χ2v) is 13.4. The number of ether oxygens (including phenoxy) is 1. The molecule has 4 atom stereocenters. The zero-order valence-corrected chi connectivity index (χ0v) is 24.0. The van der Waals surface area contributed by atoms with Crippen molar-refractivity contribution in [3.8, 4) is 11.5 Å². The van der Waals surface area contributed by atoms with Gasteiger partial charge >= 0.3 is 0 Å². The number of likely N-dealkylation sites (tertiary alicyclic amines) is 1. The van der Waals surface area contributed by atoms with Crippen molar-refractivity contribution in [2.75, 3.05) is 19.6 Å². The SMILES string of the molecule is CCCCCCCNC(=O)c1ccc2[nH]c3c(c2c1)C[C@@]1(O)C2Cc4ccc(O)c5c4[C@@]1(CCN2CC1CC1)[C@H]3O5. The first-order chi connectivity index (χ1) is 19.9. The van der Waals surface area contributed by atoms with Crippen LogP contribution in [0, 0.1) is 5.92 Å². The molecule has 3 aromatic rings. The van der Waals surface area contributed by atoms with Crippen LogP contribution in [0.25, 0.3) is 10.9 Å². The van der Waals surface area contributed by atoms with Crippen molar-refractivity contribution in [3.05, 3.63) is 58.3 Å². The number of aromatic nitrogens is 1. The third kappa shape index (κ3) is 3.61. The Morgan fingerprint density at radius 3 is 2.85 bits per heavy atom. The number of phenolic OH excluding ortho intramolecular Hbond substituents is 1. The van der Waals surface area contributed by atoms with Crippen molar-refractivity contribution in [1.82, 2.24) is 15.2 Å². The molecule has 41 heavy (non-hydrogen) atoms. The third-order valence-corrected chi connectivity index (χ3v) is 11.0. The van der Waals surface area contributed by atoms with Gasteiger partial charge in [-0.3, -0.25) is 9.69 Å². The van der Waals surface area contributed by atoms with E-state index in [-0.39, 0.29) is 17.7 Å². The predicted octanol–water partition coefficient (Wildman–Crippen LogP) is 5.27. The first-order valence-electron chi connectivity index (χ1n) is 15.9. The van der Waals surface area contributed by atoms with E-state index in [0.717, 1.165) is 72.4 Å². The summed E-state index contributed by atoms with van der Waals surface area (Å²) in [4.78, 5) is 19.3. The summed E-state index contributed by atoms with van der Waals surface area (Å²) in [6.07, 6.45) is 10.0. The molecule has 2 aromatic carbocycles. The number of amides is 1. The number of aliphatic hydroxyl groups is 1. The average molecular weight is 556 g/mol. The lowest BCUT2D eigenvalue weighted by Crippen LogP contribution is -2.74. The minimum Gasteiger partial charge on any atom is -0.504 e. The number of unbranched alkanes of at least 4 members (excludes halogenated alkanes) is 4. The minimum absolute atomic E-state index is 0.0109. The van der Waals surface area contributed by atoms with E-state index >= 15 is 0 Å². The zero-order chi connectivity index (χ0) is 27.9. The summed E-state index contributed by atoms with van der Waals surface area (Å²) in [7, 11) is 0. The van der Waals surface area contributed by atoms with Crippen molar-refractivity contribution in [3.63, 3.8) is 0 Å². The first kappa shape index (κ1) is 25.7. The number of aromatic hydroxyl groups is 1. The second kappa shape index (κ2) is 9.23. The Hall–Kier alpha value is -3.03. The maximum Gasteiger partial charge on any atom is 0.251 e. The van der Waals surface area contributed by atoms with Crippen LogP contribution in [0.4, 0.5) is 0 Å². The van der Waals surface area contributed by atoms with Gasteiger partial charge in [0.1, 0.15) is 0 Å². The monoisotopic (exact) mass is 555 g/mol. The molecular weight excluding hydrogens is 514 g/mol. The molecule has 5 aliphatic rings. The summed E-state index contributed by atoms with van der Waals surface area (Å²) in [5.74, 6) is 1.39. The molecule has 1 amide bonds. The van der Waals surface area contributed by atoms with Crippen LogP contribution in [0.2, 0.25) is 0 Å². The first-order valence-corrected chi connectivity index (χ1v) is 15.9. The van der Waals surface area contributed by atoms with Crippen LogP contribution in [0.5, 0.6) is 11.5 Å². The van der Waals surface area contributed by atoms with Crippen LogP contribution in [-0.4, -0.2) is 57.3 Å². The number of hydrogen-bond acceptors (Lipinski definition) is 5. The minimum atomic E-state index is -1.03. The van der Waals surface area contributed by atoms with Crippen molar-refractivity contribution < 1.29 is 19.7 Å². The number of piperidine rings is 1. The number of nitrogens with zero attached hydrogens (tertiary/aromatic N) is 1. The van der Waals surface area contributed by atoms with Crippen LogP contribution in [0.3, 0.4) is 0 Å². The van der Waals surface area contributed by atoms with Gasteiger partial charge in [-0.1, -0.05) is 38.7 Å². The van der Waals surface area contributed by atoms with Gasteiger partial charge in [0.25, 0.3) is 5.91 Å². The van der Waals surface area contributed by atoms with E-state index in [9.17, 15) is 15.0 Å². The number of aromatic amines is 1. The van der Waals surface area contributed by atoms with E-state index in [0.29, 0.717) is 24.3 Å². The molecule has 3 aliphatic carbocycles. The summed E-state index contributed by atoms with van der Waals surface area (Å²) in [5.41, 5.74) is 4.22. The fourth-order valence-electron chi connectivity index (χ4n) is 8.80. The molecule has 1 saturated carbocycles. The molecule has 7 nitrogen and oxygen atoms in total. The summed E-state index contributed by atoms with van der Waals surface area (Å²) >= 11 is 0. The molecule has 8 rings (SSSR count). The Kier molecular flexibility index (Phi) is 5.78. The van der Waals surface area contributed by atoms with Crippen LogP contribution < -0.4 is 10.1 Å². The number of phenols is 1. The molecule has 1 saturated heterocycles. The highest BCUT2D eigenvalue weighted by Gasteiger charge is 2.72. The lowest BCUT2D eigenvalue weighted by Gasteiger charge is -2.62. The molecule has 2 aliphatic heterocycles. The van der Waals surface area contributed by atoms with Crippen LogP contribution in [0.1, 0.15) is 97.1 Å². The number of hydrogen-bond donors (Lipinski definition) is 4. The number of rotatable bonds is 9. The number of benzene rings is 2. The fraction of sp³-hybridized carbons (Fsp3) is 0.559. The summed E-state index contributed by atoms with van der Waals surface area (Å²) in [6.45, 7) is 4.86. The Labute approximate surface area is 241 Å². The number of carbonyl (C=O) groups is 1. The van der Waals surface area contributed by atoms with Gasteiger partial charge in [0.15, 0.2) is 17.6 Å². The van der Waals surface area contributed by atoms with Gasteiger partial charge in [0, 0.05) is 47.6 Å². The highest BCUT2D eigenvalue weighted by Crippen LogP contribution is 2.69. The van der Waals surface area contributed by atoms with Crippen LogP contribution in [0.15, 0.2) is 30.3 Å². The number of nitrogens with one attached hydrogen (secondary N) is 2. The van der Waals surface area contributed by atoms with Crippen molar-refractivity contribution in [2.45, 2.75) is 94.3 Å². The van der Waals surface area contributed by atoms with Gasteiger partial charge in [-0.05, 0) is 80.0 Å². The molecular formula is C34H41N3O4. The maximum absolute atomic E-state index is 13.1. The molecule has 2 fully saturated rings. The largest absolute Gasteiger partial charge is 0.504 e. The van der Waals surface area contributed by atoms with Gasteiger partial charge in [0.05, 0.1) is 16.7 Å². The predicted molar refractivity (Wildman–Crippen MR) is 158 cm³/mol. The molecule has 7 heteroatoms. The molecule has 2 bridgehead atoms. The molecule has 0 radical (unpaired) electrons. The molecule has 216 valence electrons. The third-order valence-electron chi connectivity index (χ3n) is 11.0. The van der Waals surface area contributed by atoms with E-state index in [4.69, 9.17) is 4.74 Å². The van der Waals surface area contributed by atoms with Gasteiger partial charge in [-0.15, -0.1) is 0 Å². The van der Waals surface area contributed by atoms with E-state index in [1.807, 2.05) is 24.3 Å². The Bertz CT molecular complexity index is 1540. The van der Waals surface area contributed by atoms with E-state index in [2.05, 4.69) is 22.1 Å². The molecule has 1 aromatic heterocycles. The second-order valence-electron chi connectivity index (χ2n) is 13.4. The average Bonchev–Trinajstić information content (AvgIpc) is 3.61. The lowest BCUT2D eigenvalue weighted by molar-refractivity contribution is -0.173. The van der Waals surface area contributed by atoms with E-state index < -0.39 is 17.1 Å². The molecule has 1 unspecified atom stereocenters. The smallest absolute Gasteiger partial charge is 0.251 e. The topological polar surface area (TPSA) is 97.8 Å². The lowest BCUT2D eigenvalue weighted by atomic mass is 9.49. The molecule has 1 spiro atoms. The normalized spacial score (nSPS) is 29.2. The van der Waals surface area contributed by atoms with Gasteiger partial charge in [-0.25, -0.2) is 0 Å². The van der Waals surface area contributed by atoms with Crippen molar-refractivity contribution in [2.24, 2.45) is 5.92 Å². The van der Waals surface area contributed by atoms with Gasteiger partial charge in [-0.2, -0.15) is 0 Å². The van der Waals surface area contributed by atoms with Gasteiger partial charge in [0.2, 0.25) is 0 Å². The Morgan fingerprint density at radius 2 is 2.02 bits per heavy atom. The number of fused-ring (bicyclic) bond motifs is 4. The summed E-state index contributed by atoms with van der Waals surface area (Å²) in [6, 6.07) is 9.66. The Morgan fingerprint density at radius 1 is 1.17 bits per heavy atom. The fourth-order valence-corrected chi connectivity index (χ4v) is 8.80. The quantitative estimate of drug-likeness (QED) is 0.270. The molecule has 3 heterocycles. The van der Waals surface area contributed by atoms with Crippen molar-refractivity contribution in [1.29, 1.82) is 0 Å². The van der Waals surface area contributed by atoms with E-state index in [1.165, 1.54) is 37.7 Å². The van der Waals surface area contributed by atoms with Crippen LogP contribution >= 0.6 is 0 Å². The van der Waals surface area contributed by atoms with E-state index in [1.54, 1.807) is 6.07 Å². The van der Waals surface area contributed by atoms with Crippen molar-refractivity contribution >= 4 is 16.8 Å². The molecule has 4 N–H and O–H groups in total. The van der Waals surface area contributed by atoms with Crippen LogP contribution in [-0.2, 0) is 18.3 Å².